The summed E-state index contributed by atoms with van der Waals surface area (Å²) in [6.45, 7) is 20.3. The average molecular weight is 975 g/mol. The van der Waals surface area contributed by atoms with E-state index in [-0.39, 0.29) is 0 Å². The highest BCUT2D eigenvalue weighted by atomic mass is 16.3. The van der Waals surface area contributed by atoms with Crippen LogP contribution >= 0.6 is 0 Å². The van der Waals surface area contributed by atoms with E-state index in [4.69, 9.17) is 0 Å². The molecule has 0 radical (unpaired) electrons. The first-order chi connectivity index (χ1) is 35.4. The summed E-state index contributed by atoms with van der Waals surface area (Å²) in [6, 6.07) is 40.5. The summed E-state index contributed by atoms with van der Waals surface area (Å²) < 4.78 is 7.12. The van der Waals surface area contributed by atoms with Gasteiger partial charge in [-0.15, -0.1) is 0 Å². The zero-order valence-electron chi connectivity index (χ0n) is 44.2. The van der Waals surface area contributed by atoms with E-state index in [2.05, 4.69) is 178 Å². The summed E-state index contributed by atoms with van der Waals surface area (Å²) in [7, 11) is 4.36. The maximum atomic E-state index is 10.9. The molecule has 2 unspecified atom stereocenters. The van der Waals surface area contributed by atoms with E-state index in [9.17, 15) is 10.2 Å². The fraction of sp³-hybridized carbons (Fsp3) is 0.365. The molecule has 73 heavy (non-hydrogen) atoms. The minimum atomic E-state index is -0.485. The fourth-order valence-corrected chi connectivity index (χ4v) is 11.6. The Balaban J connectivity index is 0.000000126. The van der Waals surface area contributed by atoms with E-state index in [1.54, 1.807) is 6.33 Å². The van der Waals surface area contributed by atoms with Crippen LogP contribution in [0.1, 0.15) is 91.8 Å². The molecule has 4 aromatic heterocycles. The summed E-state index contributed by atoms with van der Waals surface area (Å²) in [5, 5.41) is 25.6. The number of hydrogen-bond donors (Lipinski definition) is 2. The second kappa shape index (κ2) is 22.0. The summed E-state index contributed by atoms with van der Waals surface area (Å²) in [5.41, 5.74) is 20.5. The molecule has 0 amide bonds. The molecule has 2 N–H and O–H groups in total. The summed E-state index contributed by atoms with van der Waals surface area (Å²) in [6.07, 6.45) is 6.89. The zero-order chi connectivity index (χ0) is 50.8. The molecule has 9 aromatic rings. The van der Waals surface area contributed by atoms with Crippen molar-refractivity contribution in [2.75, 3.05) is 40.3 Å². The Labute approximate surface area is 432 Å². The monoisotopic (exact) mass is 975 g/mol. The molecule has 12 rings (SSSR count). The number of likely N-dealkylation sites (N-methyl/N-ethyl adjacent to an activating group) is 3. The number of benzene rings is 5. The van der Waals surface area contributed by atoms with Gasteiger partial charge in [0.1, 0.15) is 12.0 Å². The first-order valence-corrected chi connectivity index (χ1v) is 26.6. The van der Waals surface area contributed by atoms with Crippen LogP contribution in [0.15, 0.2) is 128 Å². The maximum absolute atomic E-state index is 10.9. The third-order valence-electron chi connectivity index (χ3n) is 15.7. The van der Waals surface area contributed by atoms with Gasteiger partial charge >= 0.3 is 0 Å². The molecule has 3 aliphatic heterocycles. The van der Waals surface area contributed by atoms with Crippen LogP contribution in [0.2, 0.25) is 0 Å². The average Bonchev–Trinajstić information content (AvgIpc) is 3.99. The molecular weight excluding hydrogens is 901 g/mol. The number of aliphatic hydroxyl groups is 2. The van der Waals surface area contributed by atoms with Crippen LogP contribution in [-0.4, -0.2) is 88.9 Å². The van der Waals surface area contributed by atoms with Crippen LogP contribution in [0.25, 0.3) is 32.8 Å². The number of rotatable bonds is 10. The highest BCUT2D eigenvalue weighted by molar-refractivity contribution is 5.87. The Morgan fingerprint density at radius 2 is 1.01 bits per heavy atom. The van der Waals surface area contributed by atoms with Crippen molar-refractivity contribution in [1.29, 1.82) is 0 Å². The predicted octanol–water partition coefficient (Wildman–Crippen LogP) is 11.0. The van der Waals surface area contributed by atoms with Crippen molar-refractivity contribution in [1.82, 2.24) is 38.4 Å². The van der Waals surface area contributed by atoms with E-state index >= 15 is 0 Å². The van der Waals surface area contributed by atoms with Crippen molar-refractivity contribution in [2.24, 2.45) is 0 Å². The molecule has 378 valence electrons. The molecule has 0 bridgehead atoms. The number of aromatic nitrogens is 5. The zero-order valence-corrected chi connectivity index (χ0v) is 44.2. The molecule has 7 heterocycles. The first-order valence-electron chi connectivity index (χ1n) is 26.6. The van der Waals surface area contributed by atoms with Gasteiger partial charge in [-0.2, -0.15) is 0 Å². The molecule has 0 saturated carbocycles. The number of aryl methyl sites for hydroxylation is 6. The molecule has 0 spiro atoms. The lowest BCUT2D eigenvalue weighted by atomic mass is 10.0. The molecule has 0 saturated heterocycles. The van der Waals surface area contributed by atoms with Gasteiger partial charge < -0.3 is 33.7 Å². The second-order valence-corrected chi connectivity index (χ2v) is 21.1. The van der Waals surface area contributed by atoms with Gasteiger partial charge in [0.05, 0.1) is 25.3 Å². The lowest BCUT2D eigenvalue weighted by Crippen LogP contribution is -2.31. The van der Waals surface area contributed by atoms with Gasteiger partial charge in [-0.05, 0) is 112 Å². The lowest BCUT2D eigenvalue weighted by Gasteiger charge is -2.27. The number of nitrogens with zero attached hydrogens (tertiary/aromatic N) is 8. The minimum Gasteiger partial charge on any atom is -0.387 e. The van der Waals surface area contributed by atoms with Gasteiger partial charge in [-0.3, -0.25) is 4.90 Å². The lowest BCUT2D eigenvalue weighted by molar-refractivity contribution is 0.155. The Bertz CT molecular complexity index is 3330. The van der Waals surface area contributed by atoms with Gasteiger partial charge in [0, 0.05) is 116 Å². The highest BCUT2D eigenvalue weighted by Crippen LogP contribution is 2.35. The topological polar surface area (TPSA) is 90.7 Å². The van der Waals surface area contributed by atoms with Gasteiger partial charge in [-0.1, -0.05) is 120 Å². The molecule has 3 aliphatic rings. The maximum Gasteiger partial charge on any atom is 0.143 e. The molecular formula is C63H74N8O2. The predicted molar refractivity (Wildman–Crippen MR) is 298 cm³/mol. The summed E-state index contributed by atoms with van der Waals surface area (Å²) >= 11 is 0. The molecule has 0 fully saturated rings. The Hall–Kier alpha value is -6.40. The van der Waals surface area contributed by atoms with Crippen molar-refractivity contribution < 1.29 is 10.2 Å². The van der Waals surface area contributed by atoms with Crippen LogP contribution in [-0.2, 0) is 65.0 Å². The van der Waals surface area contributed by atoms with Crippen LogP contribution in [0.4, 0.5) is 0 Å². The SMILES string of the molecule is CCN1CCc2c(c3cc(C)ccc3n2CC(O)c2ccc(C)cc2)C1.CN1CCc2c(c3cncnc3n2CCc2ccccc2)C1.Cc1ccc(C(O)Cn2c3c(c4cc(C)ccc42)CN(C)CC3)cc1. The molecule has 2 atom stereocenters. The molecule has 10 nitrogen and oxygen atoms in total. The molecule has 5 aromatic carbocycles. The smallest absolute Gasteiger partial charge is 0.143 e. The fourth-order valence-electron chi connectivity index (χ4n) is 11.6. The molecule has 10 heteroatoms. The Morgan fingerprint density at radius 1 is 0.534 bits per heavy atom. The second-order valence-electron chi connectivity index (χ2n) is 21.1. The van der Waals surface area contributed by atoms with Crippen LogP contribution in [0.3, 0.4) is 0 Å². The molecule has 0 aliphatic carbocycles. The Kier molecular flexibility index (Phi) is 15.1. The third-order valence-corrected chi connectivity index (χ3v) is 15.7. The minimum absolute atomic E-state index is 0.485. The van der Waals surface area contributed by atoms with Gasteiger partial charge in [0.15, 0.2) is 0 Å². The van der Waals surface area contributed by atoms with Crippen molar-refractivity contribution in [3.8, 4) is 0 Å². The third kappa shape index (κ3) is 10.8. The number of fused-ring (bicyclic) bond motifs is 9. The number of hydrogen-bond acceptors (Lipinski definition) is 7. The largest absolute Gasteiger partial charge is 0.387 e. The van der Waals surface area contributed by atoms with Gasteiger partial charge in [-0.25, -0.2) is 9.97 Å². The Morgan fingerprint density at radius 3 is 1.55 bits per heavy atom. The van der Waals surface area contributed by atoms with Crippen molar-refractivity contribution >= 4 is 32.8 Å². The van der Waals surface area contributed by atoms with E-state index in [0.29, 0.717) is 13.1 Å². The summed E-state index contributed by atoms with van der Waals surface area (Å²) in [4.78, 5) is 16.0. The van der Waals surface area contributed by atoms with Crippen LogP contribution in [0.5, 0.6) is 0 Å². The first kappa shape index (κ1) is 50.1. The van der Waals surface area contributed by atoms with E-state index in [0.717, 1.165) is 94.8 Å². The van der Waals surface area contributed by atoms with Crippen molar-refractivity contribution in [3.05, 3.63) is 201 Å². The van der Waals surface area contributed by atoms with Gasteiger partial charge in [0.2, 0.25) is 0 Å². The van der Waals surface area contributed by atoms with Crippen molar-refractivity contribution in [3.63, 3.8) is 0 Å². The highest BCUT2D eigenvalue weighted by Gasteiger charge is 2.27. The summed E-state index contributed by atoms with van der Waals surface area (Å²) in [5.74, 6) is 0. The van der Waals surface area contributed by atoms with E-state index in [1.807, 2.05) is 30.5 Å². The van der Waals surface area contributed by atoms with Crippen molar-refractivity contribution in [2.45, 2.75) is 112 Å². The normalized spacial score (nSPS) is 15.8. The number of aliphatic hydroxyl groups excluding tert-OH is 2. The van der Waals surface area contributed by atoms with Crippen LogP contribution < -0.4 is 0 Å². The quantitative estimate of drug-likeness (QED) is 0.141. The van der Waals surface area contributed by atoms with Crippen LogP contribution in [0, 0.1) is 27.7 Å². The standard InChI is InChI=1S/C23H28N2O.C22H26N2O.C18H20N4/c1-4-24-12-11-22-20(14-24)19-13-17(3)7-10-21(19)25(22)15-23(26)18-8-5-16(2)6-9-18;1-15-4-7-17(8-5-15)22(25)14-24-20-9-6-16(2)12-18(20)19-13-23(3)11-10-21(19)24;1-21-9-8-17-16(12-21)15-11-19-13-20-18(15)22(17)10-7-14-5-3-2-4-6-14/h5-10,13,23,26H,4,11-12,14-15H2,1-3H3;4-9,12,22,25H,10-11,13-14H2,1-3H3;2-6,11,13H,7-10,12H2,1H3. The van der Waals surface area contributed by atoms with E-state index < -0.39 is 12.2 Å². The van der Waals surface area contributed by atoms with Gasteiger partial charge in [0.25, 0.3) is 0 Å². The van der Waals surface area contributed by atoms with E-state index in [1.165, 1.54) is 88.8 Å².